The average molecular weight is 298 g/mol. The summed E-state index contributed by atoms with van der Waals surface area (Å²) < 4.78 is 24.2. The van der Waals surface area contributed by atoms with E-state index in [1.807, 2.05) is 20.8 Å². The van der Waals surface area contributed by atoms with Gasteiger partial charge >= 0.3 is 0 Å². The van der Waals surface area contributed by atoms with Gasteiger partial charge in [0.1, 0.15) is 4.90 Å². The van der Waals surface area contributed by atoms with Gasteiger partial charge in [0, 0.05) is 25.4 Å². The highest BCUT2D eigenvalue weighted by Crippen LogP contribution is 2.10. The van der Waals surface area contributed by atoms with Gasteiger partial charge in [-0.2, -0.15) is 9.90 Å². The number of aryl methyl sites for hydroxylation is 2. The van der Waals surface area contributed by atoms with Crippen molar-refractivity contribution in [2.75, 3.05) is 6.26 Å². The topological polar surface area (TPSA) is 95.6 Å². The summed E-state index contributed by atoms with van der Waals surface area (Å²) in [6, 6.07) is 0. The van der Waals surface area contributed by atoms with Crippen LogP contribution in [0.2, 0.25) is 0 Å². The van der Waals surface area contributed by atoms with Crippen LogP contribution in [0, 0.1) is 0 Å². The predicted molar refractivity (Wildman–Crippen MR) is 71.9 cm³/mol. The molecule has 0 saturated heterocycles. The Bertz CT molecular complexity index is 695. The van der Waals surface area contributed by atoms with E-state index in [4.69, 9.17) is 0 Å². The predicted octanol–water partition coefficient (Wildman–Crippen LogP) is 0.271. The van der Waals surface area contributed by atoms with E-state index in [2.05, 4.69) is 20.5 Å². The van der Waals surface area contributed by atoms with Gasteiger partial charge in [0.25, 0.3) is 0 Å². The number of sulfone groups is 1. The molecule has 0 bridgehead atoms. The molecule has 110 valence electrons. The second-order valence-electron chi connectivity index (χ2n) is 5.63. The first-order chi connectivity index (χ1) is 9.16. The molecule has 0 aromatic carbocycles. The molecule has 0 N–H and O–H groups in total. The third-order valence-electron chi connectivity index (χ3n) is 2.66. The Hall–Kier alpha value is -1.77. The molecule has 0 aliphatic heterocycles. The SMILES string of the molecule is CC(C)(C)n1nnc(CCn2cc(S(C)(=O)=O)cn2)n1. The molecule has 20 heavy (non-hydrogen) atoms. The van der Waals surface area contributed by atoms with Crippen molar-refractivity contribution in [2.24, 2.45) is 0 Å². The number of rotatable bonds is 4. The van der Waals surface area contributed by atoms with Gasteiger partial charge in [-0.25, -0.2) is 8.42 Å². The van der Waals surface area contributed by atoms with Crippen LogP contribution in [0.25, 0.3) is 0 Å². The van der Waals surface area contributed by atoms with Crippen LogP contribution in [0.5, 0.6) is 0 Å². The molecule has 2 aromatic heterocycles. The number of hydrogen-bond acceptors (Lipinski definition) is 6. The molecule has 8 nitrogen and oxygen atoms in total. The van der Waals surface area contributed by atoms with Crippen molar-refractivity contribution in [3.63, 3.8) is 0 Å². The smallest absolute Gasteiger partial charge is 0.178 e. The molecular weight excluding hydrogens is 280 g/mol. The van der Waals surface area contributed by atoms with E-state index in [9.17, 15) is 8.42 Å². The van der Waals surface area contributed by atoms with Crippen molar-refractivity contribution < 1.29 is 8.42 Å². The van der Waals surface area contributed by atoms with Crippen molar-refractivity contribution in [3.8, 4) is 0 Å². The lowest BCUT2D eigenvalue weighted by Crippen LogP contribution is -2.24. The number of hydrogen-bond donors (Lipinski definition) is 0. The largest absolute Gasteiger partial charge is 0.271 e. The van der Waals surface area contributed by atoms with Crippen molar-refractivity contribution in [1.29, 1.82) is 0 Å². The summed E-state index contributed by atoms with van der Waals surface area (Å²) in [4.78, 5) is 1.77. The van der Waals surface area contributed by atoms with Crippen LogP contribution < -0.4 is 0 Å². The Balaban J connectivity index is 2.02. The zero-order valence-corrected chi connectivity index (χ0v) is 12.8. The highest BCUT2D eigenvalue weighted by molar-refractivity contribution is 7.90. The van der Waals surface area contributed by atoms with Crippen molar-refractivity contribution in [3.05, 3.63) is 18.2 Å². The first kappa shape index (κ1) is 14.6. The second-order valence-corrected chi connectivity index (χ2v) is 7.64. The average Bonchev–Trinajstić information content (AvgIpc) is 2.94. The molecule has 0 amide bonds. The van der Waals surface area contributed by atoms with Gasteiger partial charge in [-0.15, -0.1) is 10.2 Å². The standard InChI is InChI=1S/C11H18N6O2S/c1-11(2,3)17-14-10(13-15-17)5-6-16-8-9(7-12-16)20(4,18)19/h7-8H,5-6H2,1-4H3. The highest BCUT2D eigenvalue weighted by atomic mass is 32.2. The summed E-state index contributed by atoms with van der Waals surface area (Å²) in [6.07, 6.45) is 4.55. The molecule has 2 aromatic rings. The molecule has 0 atom stereocenters. The summed E-state index contributed by atoms with van der Waals surface area (Å²) in [5, 5.41) is 16.3. The Morgan fingerprint density at radius 3 is 2.50 bits per heavy atom. The lowest BCUT2D eigenvalue weighted by atomic mass is 10.1. The van der Waals surface area contributed by atoms with E-state index in [1.165, 1.54) is 12.4 Å². The minimum atomic E-state index is -3.21. The fourth-order valence-electron chi connectivity index (χ4n) is 1.50. The Morgan fingerprint density at radius 2 is 2.00 bits per heavy atom. The van der Waals surface area contributed by atoms with Crippen LogP contribution in [0.3, 0.4) is 0 Å². The van der Waals surface area contributed by atoms with Crippen LogP contribution in [0.1, 0.15) is 26.6 Å². The Kier molecular flexibility index (Phi) is 3.63. The van der Waals surface area contributed by atoms with Gasteiger partial charge in [0.15, 0.2) is 15.7 Å². The van der Waals surface area contributed by atoms with E-state index < -0.39 is 9.84 Å². The first-order valence-corrected chi connectivity index (χ1v) is 8.07. The maximum atomic E-state index is 11.3. The normalized spacial score (nSPS) is 12.8. The van der Waals surface area contributed by atoms with Crippen LogP contribution in [-0.4, -0.2) is 44.7 Å². The first-order valence-electron chi connectivity index (χ1n) is 6.18. The molecule has 0 radical (unpaired) electrons. The number of aromatic nitrogens is 6. The van der Waals surface area contributed by atoms with Gasteiger partial charge in [-0.1, -0.05) is 0 Å². The van der Waals surface area contributed by atoms with Gasteiger partial charge in [0.05, 0.1) is 11.7 Å². The van der Waals surface area contributed by atoms with Gasteiger partial charge in [-0.3, -0.25) is 4.68 Å². The van der Waals surface area contributed by atoms with E-state index in [1.54, 1.807) is 9.48 Å². The number of nitrogens with zero attached hydrogens (tertiary/aromatic N) is 6. The molecule has 0 unspecified atom stereocenters. The third kappa shape index (κ3) is 3.41. The summed E-state index contributed by atoms with van der Waals surface area (Å²) in [5.41, 5.74) is -0.208. The molecule has 2 rings (SSSR count). The summed E-state index contributed by atoms with van der Waals surface area (Å²) >= 11 is 0. The monoisotopic (exact) mass is 298 g/mol. The van der Waals surface area contributed by atoms with Crippen LogP contribution in [0.15, 0.2) is 17.3 Å². The summed E-state index contributed by atoms with van der Waals surface area (Å²) in [7, 11) is -3.21. The highest BCUT2D eigenvalue weighted by Gasteiger charge is 2.17. The second kappa shape index (κ2) is 4.97. The van der Waals surface area contributed by atoms with Crippen molar-refractivity contribution >= 4 is 9.84 Å². The van der Waals surface area contributed by atoms with Crippen molar-refractivity contribution in [2.45, 2.75) is 44.2 Å². The lowest BCUT2D eigenvalue weighted by Gasteiger charge is -2.15. The third-order valence-corrected chi connectivity index (χ3v) is 3.72. The quantitative estimate of drug-likeness (QED) is 0.804. The fourth-order valence-corrected chi connectivity index (χ4v) is 2.05. The summed E-state index contributed by atoms with van der Waals surface area (Å²) in [6.45, 7) is 6.48. The van der Waals surface area contributed by atoms with E-state index in [-0.39, 0.29) is 10.4 Å². The van der Waals surface area contributed by atoms with Crippen LogP contribution in [0.4, 0.5) is 0 Å². The maximum Gasteiger partial charge on any atom is 0.178 e. The molecular formula is C11H18N6O2S. The molecule has 0 fully saturated rings. The summed E-state index contributed by atoms with van der Waals surface area (Å²) in [5.74, 6) is 0.608. The zero-order valence-electron chi connectivity index (χ0n) is 12.0. The molecule has 0 spiro atoms. The zero-order chi connectivity index (χ0) is 15.0. The molecule has 2 heterocycles. The van der Waals surface area contributed by atoms with Gasteiger partial charge in [-0.05, 0) is 26.0 Å². The van der Waals surface area contributed by atoms with Crippen LogP contribution in [-0.2, 0) is 28.3 Å². The number of tetrazole rings is 1. The van der Waals surface area contributed by atoms with Gasteiger partial charge < -0.3 is 0 Å². The van der Waals surface area contributed by atoms with Gasteiger partial charge in [0.2, 0.25) is 0 Å². The lowest BCUT2D eigenvalue weighted by molar-refractivity contribution is 0.305. The Morgan fingerprint density at radius 1 is 1.30 bits per heavy atom. The minimum Gasteiger partial charge on any atom is -0.271 e. The molecule has 0 aliphatic rings. The minimum absolute atomic E-state index is 0.208. The van der Waals surface area contributed by atoms with Crippen LogP contribution >= 0.6 is 0 Å². The molecule has 0 aliphatic carbocycles. The van der Waals surface area contributed by atoms with Crippen molar-refractivity contribution in [1.82, 2.24) is 30.0 Å². The maximum absolute atomic E-state index is 11.3. The van der Waals surface area contributed by atoms with E-state index in [0.717, 1.165) is 6.26 Å². The molecule has 9 heteroatoms. The van der Waals surface area contributed by atoms with E-state index >= 15 is 0 Å². The fraction of sp³-hybridized carbons (Fsp3) is 0.636. The molecule has 0 saturated carbocycles. The Labute approximate surface area is 117 Å². The van der Waals surface area contributed by atoms with E-state index in [0.29, 0.717) is 18.8 Å².